The molecule has 1 aromatic carbocycles. The Labute approximate surface area is 107 Å². The van der Waals surface area contributed by atoms with Crippen molar-refractivity contribution in [2.45, 2.75) is 32.3 Å². The van der Waals surface area contributed by atoms with Gasteiger partial charge in [0, 0.05) is 5.41 Å². The smallest absolute Gasteiger partial charge is 0.186 e. The molecule has 4 heteroatoms. The second-order valence-corrected chi connectivity index (χ2v) is 5.50. The molecule has 1 aliphatic rings. The van der Waals surface area contributed by atoms with Crippen LogP contribution in [0.4, 0.5) is 0 Å². The van der Waals surface area contributed by atoms with Crippen LogP contribution < -0.4 is 0 Å². The van der Waals surface area contributed by atoms with E-state index in [2.05, 4.69) is 0 Å². The zero-order valence-corrected chi connectivity index (χ0v) is 10.7. The van der Waals surface area contributed by atoms with Crippen molar-refractivity contribution in [3.63, 3.8) is 0 Å². The second kappa shape index (κ2) is 5.36. The van der Waals surface area contributed by atoms with Crippen LogP contribution in [0.1, 0.15) is 25.5 Å². The van der Waals surface area contributed by atoms with Crippen molar-refractivity contribution in [1.29, 1.82) is 0 Å². The Morgan fingerprint density at radius 3 is 2.22 bits per heavy atom. The third-order valence-corrected chi connectivity index (χ3v) is 3.02. The van der Waals surface area contributed by atoms with Gasteiger partial charge in [-0.1, -0.05) is 44.2 Å². The van der Waals surface area contributed by atoms with Gasteiger partial charge in [-0.05, 0) is 5.56 Å². The van der Waals surface area contributed by atoms with Crippen molar-refractivity contribution >= 4 is 0 Å². The van der Waals surface area contributed by atoms with Gasteiger partial charge in [0.2, 0.25) is 0 Å². The van der Waals surface area contributed by atoms with Gasteiger partial charge in [-0.2, -0.15) is 0 Å². The highest BCUT2D eigenvalue weighted by molar-refractivity contribution is 5.18. The minimum atomic E-state index is -1.08. The fourth-order valence-electron chi connectivity index (χ4n) is 1.90. The average Bonchev–Trinajstić information content (AvgIpc) is 2.38. The van der Waals surface area contributed by atoms with Crippen LogP contribution in [0.25, 0.3) is 0 Å². The highest BCUT2D eigenvalue weighted by Crippen LogP contribution is 2.28. The predicted octanol–water partition coefficient (Wildman–Crippen LogP) is 1.48. The molecule has 0 aliphatic carbocycles. The summed E-state index contributed by atoms with van der Waals surface area (Å²) >= 11 is 0. The van der Waals surface area contributed by atoms with Crippen molar-refractivity contribution in [3.8, 4) is 0 Å². The van der Waals surface area contributed by atoms with Crippen molar-refractivity contribution < 1.29 is 19.7 Å². The van der Waals surface area contributed by atoms with Gasteiger partial charge in [0.25, 0.3) is 0 Å². The molecule has 0 spiro atoms. The van der Waals surface area contributed by atoms with Gasteiger partial charge < -0.3 is 19.7 Å². The van der Waals surface area contributed by atoms with Crippen molar-refractivity contribution in [1.82, 2.24) is 0 Å². The normalized spacial score (nSPS) is 23.6. The Morgan fingerprint density at radius 2 is 1.67 bits per heavy atom. The molecule has 1 aromatic rings. The Hall–Kier alpha value is -0.940. The lowest BCUT2D eigenvalue weighted by molar-refractivity contribution is -0.270. The first kappa shape index (κ1) is 13.5. The number of hydrogen-bond donors (Lipinski definition) is 2. The first-order valence-electron chi connectivity index (χ1n) is 6.14. The molecule has 0 amide bonds. The van der Waals surface area contributed by atoms with Crippen LogP contribution >= 0.6 is 0 Å². The van der Waals surface area contributed by atoms with E-state index < -0.39 is 18.5 Å². The van der Waals surface area contributed by atoms with E-state index in [1.165, 1.54) is 0 Å². The standard InChI is InChI=1S/C14H20O4/c1-14(2)8-17-13(18-9-14)12(16)11(15)10-6-4-3-5-7-10/h3-7,11-13,15-16H,8-9H2,1-2H3/t11-,12+/m0/s1. The molecule has 100 valence electrons. The zero-order valence-electron chi connectivity index (χ0n) is 10.7. The van der Waals surface area contributed by atoms with E-state index in [1.54, 1.807) is 12.1 Å². The minimum absolute atomic E-state index is 0.0477. The first-order chi connectivity index (χ1) is 8.49. The number of aliphatic hydroxyl groups excluding tert-OH is 2. The van der Waals surface area contributed by atoms with Gasteiger partial charge >= 0.3 is 0 Å². The van der Waals surface area contributed by atoms with E-state index in [-0.39, 0.29) is 5.41 Å². The summed E-state index contributed by atoms with van der Waals surface area (Å²) in [5.41, 5.74) is 0.607. The topological polar surface area (TPSA) is 58.9 Å². The molecular formula is C14H20O4. The molecule has 2 N–H and O–H groups in total. The van der Waals surface area contributed by atoms with Gasteiger partial charge in [0.15, 0.2) is 6.29 Å². The van der Waals surface area contributed by atoms with Gasteiger partial charge in [-0.15, -0.1) is 0 Å². The fourth-order valence-corrected chi connectivity index (χ4v) is 1.90. The summed E-state index contributed by atoms with van der Waals surface area (Å²) < 4.78 is 10.9. The average molecular weight is 252 g/mol. The molecule has 0 saturated carbocycles. The number of ether oxygens (including phenoxy) is 2. The minimum Gasteiger partial charge on any atom is -0.385 e. The van der Waals surface area contributed by atoms with Crippen LogP contribution in [-0.4, -0.2) is 35.8 Å². The van der Waals surface area contributed by atoms with E-state index >= 15 is 0 Å². The first-order valence-corrected chi connectivity index (χ1v) is 6.14. The van der Waals surface area contributed by atoms with Crippen LogP contribution in [0.2, 0.25) is 0 Å². The maximum Gasteiger partial charge on any atom is 0.186 e. The van der Waals surface area contributed by atoms with E-state index in [0.29, 0.717) is 18.8 Å². The number of hydrogen-bond acceptors (Lipinski definition) is 4. The Bertz CT molecular complexity index is 367. The second-order valence-electron chi connectivity index (χ2n) is 5.50. The third-order valence-electron chi connectivity index (χ3n) is 3.02. The summed E-state index contributed by atoms with van der Waals surface area (Å²) in [6, 6.07) is 9.02. The lowest BCUT2D eigenvalue weighted by Crippen LogP contribution is -2.45. The third kappa shape index (κ3) is 3.09. The molecule has 0 aromatic heterocycles. The number of aliphatic hydroxyl groups is 2. The summed E-state index contributed by atoms with van der Waals surface area (Å²) in [6.07, 6.45) is -2.85. The van der Waals surface area contributed by atoms with Gasteiger partial charge in [-0.25, -0.2) is 0 Å². The molecule has 2 atom stereocenters. The predicted molar refractivity (Wildman–Crippen MR) is 66.9 cm³/mol. The Balaban J connectivity index is 1.98. The SMILES string of the molecule is CC1(C)COC([C@H](O)[C@@H](O)c2ccccc2)OC1. The van der Waals surface area contributed by atoms with Gasteiger partial charge in [0.05, 0.1) is 13.2 Å². The Kier molecular flexibility index (Phi) is 4.02. The van der Waals surface area contributed by atoms with Crippen LogP contribution in [0, 0.1) is 5.41 Å². The van der Waals surface area contributed by atoms with Crippen LogP contribution in [0.3, 0.4) is 0 Å². The van der Waals surface area contributed by atoms with Crippen molar-refractivity contribution in [3.05, 3.63) is 35.9 Å². The van der Waals surface area contributed by atoms with Gasteiger partial charge in [0.1, 0.15) is 12.2 Å². The van der Waals surface area contributed by atoms with E-state index in [1.807, 2.05) is 32.0 Å². The maximum atomic E-state index is 10.1. The van der Waals surface area contributed by atoms with Crippen LogP contribution in [-0.2, 0) is 9.47 Å². The summed E-state index contributed by atoms with van der Waals surface area (Å²) in [5.74, 6) is 0. The molecule has 0 radical (unpaired) electrons. The molecule has 18 heavy (non-hydrogen) atoms. The summed E-state index contributed by atoms with van der Waals surface area (Å²) in [6.45, 7) is 5.08. The summed E-state index contributed by atoms with van der Waals surface area (Å²) in [5, 5.41) is 20.1. The largest absolute Gasteiger partial charge is 0.385 e. The summed E-state index contributed by atoms with van der Waals surface area (Å²) in [4.78, 5) is 0. The van der Waals surface area contributed by atoms with E-state index in [9.17, 15) is 10.2 Å². The number of rotatable bonds is 3. The lowest BCUT2D eigenvalue weighted by atomic mass is 9.95. The molecule has 0 bridgehead atoms. The molecule has 1 fully saturated rings. The van der Waals surface area contributed by atoms with Gasteiger partial charge in [-0.3, -0.25) is 0 Å². The lowest BCUT2D eigenvalue weighted by Gasteiger charge is -2.37. The zero-order chi connectivity index (χ0) is 13.2. The molecule has 2 rings (SSSR count). The molecular weight excluding hydrogens is 232 g/mol. The Morgan fingerprint density at radius 1 is 1.11 bits per heavy atom. The van der Waals surface area contributed by atoms with Crippen molar-refractivity contribution in [2.24, 2.45) is 5.41 Å². The van der Waals surface area contributed by atoms with Crippen LogP contribution in [0.15, 0.2) is 30.3 Å². The number of benzene rings is 1. The molecule has 1 aliphatic heterocycles. The van der Waals surface area contributed by atoms with Crippen LogP contribution in [0.5, 0.6) is 0 Å². The van der Waals surface area contributed by atoms with Crippen molar-refractivity contribution in [2.75, 3.05) is 13.2 Å². The highest BCUT2D eigenvalue weighted by atomic mass is 16.7. The van der Waals surface area contributed by atoms with E-state index in [4.69, 9.17) is 9.47 Å². The summed E-state index contributed by atoms with van der Waals surface area (Å²) in [7, 11) is 0. The monoisotopic (exact) mass is 252 g/mol. The fraction of sp³-hybridized carbons (Fsp3) is 0.571. The molecule has 4 nitrogen and oxygen atoms in total. The molecule has 1 heterocycles. The molecule has 1 saturated heterocycles. The molecule has 0 unspecified atom stereocenters. The maximum absolute atomic E-state index is 10.1. The quantitative estimate of drug-likeness (QED) is 0.855. The van der Waals surface area contributed by atoms with E-state index in [0.717, 1.165) is 0 Å². The highest BCUT2D eigenvalue weighted by Gasteiger charge is 2.35.